The molecule has 5 heteroatoms. The summed E-state index contributed by atoms with van der Waals surface area (Å²) in [6.45, 7) is 1.62. The summed E-state index contributed by atoms with van der Waals surface area (Å²) in [4.78, 5) is 2.22. The highest BCUT2D eigenvalue weighted by molar-refractivity contribution is 9.10. The van der Waals surface area contributed by atoms with Gasteiger partial charge in [0.2, 0.25) is 0 Å². The number of nitrogens with two attached hydrogens (primary N) is 1. The van der Waals surface area contributed by atoms with Crippen molar-refractivity contribution in [3.05, 3.63) is 28.0 Å². The smallest absolute Gasteiger partial charge is 0.136 e. The van der Waals surface area contributed by atoms with E-state index >= 15 is 0 Å². The zero-order valence-electron chi connectivity index (χ0n) is 10.6. The zero-order valence-corrected chi connectivity index (χ0v) is 12.2. The van der Waals surface area contributed by atoms with Crippen molar-refractivity contribution in [2.75, 3.05) is 27.2 Å². The second kappa shape index (κ2) is 5.55. The van der Waals surface area contributed by atoms with Crippen molar-refractivity contribution in [1.82, 2.24) is 4.90 Å². The van der Waals surface area contributed by atoms with Gasteiger partial charge in [0, 0.05) is 18.7 Å². The molecule has 0 aliphatic carbocycles. The molecule has 1 aliphatic heterocycles. The predicted molar refractivity (Wildman–Crippen MR) is 73.2 cm³/mol. The Morgan fingerprint density at radius 2 is 2.28 bits per heavy atom. The number of halogens is 2. The van der Waals surface area contributed by atoms with E-state index in [-0.39, 0.29) is 11.9 Å². The Morgan fingerprint density at radius 3 is 2.83 bits per heavy atom. The molecule has 0 spiro atoms. The summed E-state index contributed by atoms with van der Waals surface area (Å²) in [7, 11) is 3.59. The number of benzene rings is 1. The van der Waals surface area contributed by atoms with Crippen LogP contribution in [0.15, 0.2) is 16.6 Å². The minimum absolute atomic E-state index is 0.192. The third kappa shape index (κ3) is 2.53. The first-order valence-corrected chi connectivity index (χ1v) is 6.79. The van der Waals surface area contributed by atoms with Crippen molar-refractivity contribution in [2.45, 2.75) is 12.5 Å². The van der Waals surface area contributed by atoms with Gasteiger partial charge >= 0.3 is 0 Å². The Kier molecular flexibility index (Phi) is 4.25. The van der Waals surface area contributed by atoms with Crippen molar-refractivity contribution < 1.29 is 9.13 Å². The Hall–Kier alpha value is -0.650. The van der Waals surface area contributed by atoms with Crippen LogP contribution in [-0.2, 0) is 0 Å². The lowest BCUT2D eigenvalue weighted by Crippen LogP contribution is -2.20. The fourth-order valence-electron chi connectivity index (χ4n) is 2.62. The van der Waals surface area contributed by atoms with Crippen LogP contribution in [0.25, 0.3) is 0 Å². The molecular formula is C13H18BrFN2O. The molecule has 1 aromatic carbocycles. The summed E-state index contributed by atoms with van der Waals surface area (Å²) in [6, 6.07) is 3.16. The van der Waals surface area contributed by atoms with Gasteiger partial charge in [-0.2, -0.15) is 0 Å². The maximum absolute atomic E-state index is 13.6. The van der Waals surface area contributed by atoms with Crippen LogP contribution in [0, 0.1) is 11.7 Å². The highest BCUT2D eigenvalue weighted by Gasteiger charge is 2.31. The lowest BCUT2D eigenvalue weighted by molar-refractivity contribution is 0.310. The van der Waals surface area contributed by atoms with Crippen molar-refractivity contribution in [3.63, 3.8) is 0 Å². The van der Waals surface area contributed by atoms with E-state index in [1.54, 1.807) is 13.2 Å². The minimum atomic E-state index is -0.269. The molecular weight excluding hydrogens is 299 g/mol. The fraction of sp³-hybridized carbons (Fsp3) is 0.538. The molecule has 2 atom stereocenters. The second-order valence-corrected chi connectivity index (χ2v) is 5.60. The SMILES string of the molecule is COc1cc(F)cc(C2CC(CN)CN2C)c1Br. The van der Waals surface area contributed by atoms with Crippen LogP contribution in [0.3, 0.4) is 0 Å². The van der Waals surface area contributed by atoms with E-state index in [0.717, 1.165) is 23.0 Å². The van der Waals surface area contributed by atoms with Gasteiger partial charge in [0.05, 0.1) is 11.6 Å². The molecule has 0 radical (unpaired) electrons. The molecule has 0 aromatic heterocycles. The molecule has 100 valence electrons. The Labute approximate surface area is 115 Å². The van der Waals surface area contributed by atoms with Gasteiger partial charge in [0.15, 0.2) is 0 Å². The maximum atomic E-state index is 13.6. The summed E-state index contributed by atoms with van der Waals surface area (Å²) in [6.07, 6.45) is 0.957. The highest BCUT2D eigenvalue weighted by Crippen LogP contribution is 2.41. The number of hydrogen-bond donors (Lipinski definition) is 1. The van der Waals surface area contributed by atoms with Crippen LogP contribution in [0.1, 0.15) is 18.0 Å². The molecule has 2 N–H and O–H groups in total. The summed E-state index contributed by atoms with van der Waals surface area (Å²) in [5.74, 6) is 0.741. The average Bonchev–Trinajstić information content (AvgIpc) is 2.73. The predicted octanol–water partition coefficient (Wildman–Crippen LogP) is 2.55. The number of ether oxygens (including phenoxy) is 1. The van der Waals surface area contributed by atoms with Gasteiger partial charge in [0.1, 0.15) is 11.6 Å². The summed E-state index contributed by atoms with van der Waals surface area (Å²) in [5.41, 5.74) is 6.66. The maximum Gasteiger partial charge on any atom is 0.136 e. The largest absolute Gasteiger partial charge is 0.495 e. The molecule has 1 aromatic rings. The molecule has 0 amide bonds. The van der Waals surface area contributed by atoms with Crippen LogP contribution in [0.5, 0.6) is 5.75 Å². The van der Waals surface area contributed by atoms with Gasteiger partial charge in [-0.3, -0.25) is 4.90 Å². The van der Waals surface area contributed by atoms with Gasteiger partial charge < -0.3 is 10.5 Å². The van der Waals surface area contributed by atoms with E-state index in [1.807, 2.05) is 7.05 Å². The standard InChI is InChI=1S/C13H18BrFN2O/c1-17-7-8(6-16)3-11(17)10-4-9(15)5-12(18-2)13(10)14/h4-5,8,11H,3,6-7,16H2,1-2H3. The van der Waals surface area contributed by atoms with Crippen molar-refractivity contribution in [2.24, 2.45) is 11.7 Å². The lowest BCUT2D eigenvalue weighted by Gasteiger charge is -2.22. The number of likely N-dealkylation sites (tertiary alicyclic amines) is 1. The molecule has 18 heavy (non-hydrogen) atoms. The summed E-state index contributed by atoms with van der Waals surface area (Å²) >= 11 is 3.51. The minimum Gasteiger partial charge on any atom is -0.495 e. The van der Waals surface area contributed by atoms with Crippen LogP contribution in [0.4, 0.5) is 4.39 Å². The molecule has 0 saturated carbocycles. The zero-order chi connectivity index (χ0) is 13.3. The molecule has 2 unspecified atom stereocenters. The number of nitrogens with zero attached hydrogens (tertiary/aromatic N) is 1. The topological polar surface area (TPSA) is 38.5 Å². The summed E-state index contributed by atoms with van der Waals surface area (Å²) < 4.78 is 19.6. The molecule has 1 aliphatic rings. The molecule has 1 saturated heterocycles. The van der Waals surface area contributed by atoms with E-state index in [4.69, 9.17) is 10.5 Å². The van der Waals surface area contributed by atoms with Crippen LogP contribution < -0.4 is 10.5 Å². The molecule has 2 rings (SSSR count). The first-order valence-electron chi connectivity index (χ1n) is 6.00. The fourth-order valence-corrected chi connectivity index (χ4v) is 3.27. The monoisotopic (exact) mass is 316 g/mol. The average molecular weight is 317 g/mol. The van der Waals surface area contributed by atoms with Crippen molar-refractivity contribution >= 4 is 15.9 Å². The van der Waals surface area contributed by atoms with Gasteiger partial charge in [-0.15, -0.1) is 0 Å². The third-order valence-corrected chi connectivity index (χ3v) is 4.43. The van der Waals surface area contributed by atoms with Gasteiger partial charge in [-0.05, 0) is 53.5 Å². The van der Waals surface area contributed by atoms with Crippen molar-refractivity contribution in [3.8, 4) is 5.75 Å². The second-order valence-electron chi connectivity index (χ2n) is 4.80. The molecule has 1 heterocycles. The van der Waals surface area contributed by atoms with Crippen LogP contribution in [0.2, 0.25) is 0 Å². The molecule has 0 bridgehead atoms. The molecule has 1 fully saturated rings. The third-order valence-electron chi connectivity index (χ3n) is 3.58. The Morgan fingerprint density at radius 1 is 1.56 bits per heavy atom. The number of rotatable bonds is 3. The van der Waals surface area contributed by atoms with Crippen LogP contribution in [-0.4, -0.2) is 32.1 Å². The van der Waals surface area contributed by atoms with E-state index in [1.165, 1.54) is 6.07 Å². The normalized spacial score (nSPS) is 24.5. The van der Waals surface area contributed by atoms with Crippen LogP contribution >= 0.6 is 15.9 Å². The first-order chi connectivity index (χ1) is 8.56. The lowest BCUT2D eigenvalue weighted by atomic mass is 9.99. The highest BCUT2D eigenvalue weighted by atomic mass is 79.9. The van der Waals surface area contributed by atoms with Gasteiger partial charge in [-0.25, -0.2) is 4.39 Å². The van der Waals surface area contributed by atoms with Gasteiger partial charge in [0.25, 0.3) is 0 Å². The van der Waals surface area contributed by atoms with E-state index in [0.29, 0.717) is 18.2 Å². The summed E-state index contributed by atoms with van der Waals surface area (Å²) in [5, 5.41) is 0. The van der Waals surface area contributed by atoms with E-state index < -0.39 is 0 Å². The first kappa shape index (κ1) is 13.8. The molecule has 3 nitrogen and oxygen atoms in total. The van der Waals surface area contributed by atoms with Crippen molar-refractivity contribution in [1.29, 1.82) is 0 Å². The Balaban J connectivity index is 2.36. The number of hydrogen-bond acceptors (Lipinski definition) is 3. The quantitative estimate of drug-likeness (QED) is 0.931. The van der Waals surface area contributed by atoms with E-state index in [2.05, 4.69) is 20.8 Å². The Bertz CT molecular complexity index is 441. The van der Waals surface area contributed by atoms with E-state index in [9.17, 15) is 4.39 Å². The van der Waals surface area contributed by atoms with Gasteiger partial charge in [-0.1, -0.05) is 0 Å². The number of methoxy groups -OCH3 is 1.